The van der Waals surface area contributed by atoms with E-state index in [1.807, 2.05) is 31.2 Å². The Morgan fingerprint density at radius 1 is 1.13 bits per heavy atom. The van der Waals surface area contributed by atoms with Crippen LogP contribution in [0.4, 0.5) is 5.69 Å². The molecule has 0 saturated heterocycles. The van der Waals surface area contributed by atoms with Crippen molar-refractivity contribution in [2.45, 2.75) is 13.5 Å². The molecule has 120 valence electrons. The summed E-state index contributed by atoms with van der Waals surface area (Å²) < 4.78 is 5.12. The van der Waals surface area contributed by atoms with Gasteiger partial charge in [-0.2, -0.15) is 0 Å². The highest BCUT2D eigenvalue weighted by molar-refractivity contribution is 6.40. The summed E-state index contributed by atoms with van der Waals surface area (Å²) in [6, 6.07) is 12.4. The molecule has 2 aromatic carbocycles. The lowest BCUT2D eigenvalue weighted by Gasteiger charge is -2.11. The molecule has 0 unspecified atom stereocenters. The second-order valence-electron chi connectivity index (χ2n) is 4.91. The Morgan fingerprint density at radius 2 is 1.87 bits per heavy atom. The van der Waals surface area contributed by atoms with E-state index in [0.717, 1.165) is 11.1 Å². The van der Waals surface area contributed by atoms with Gasteiger partial charge in [-0.1, -0.05) is 35.9 Å². The number of carbonyl (C=O) groups is 2. The molecule has 23 heavy (non-hydrogen) atoms. The van der Waals surface area contributed by atoms with Crippen LogP contribution in [0.1, 0.15) is 11.1 Å². The van der Waals surface area contributed by atoms with Crippen molar-refractivity contribution in [2.75, 3.05) is 12.4 Å². The van der Waals surface area contributed by atoms with Crippen molar-refractivity contribution in [1.82, 2.24) is 5.32 Å². The van der Waals surface area contributed by atoms with Gasteiger partial charge in [-0.3, -0.25) is 9.59 Å². The number of hydrogen-bond donors (Lipinski definition) is 2. The van der Waals surface area contributed by atoms with Crippen molar-refractivity contribution < 1.29 is 14.3 Å². The van der Waals surface area contributed by atoms with Gasteiger partial charge in [0.1, 0.15) is 5.75 Å². The van der Waals surface area contributed by atoms with E-state index in [4.69, 9.17) is 16.3 Å². The Balaban J connectivity index is 1.99. The highest BCUT2D eigenvalue weighted by Gasteiger charge is 2.16. The molecule has 0 aliphatic heterocycles. The molecule has 2 amide bonds. The average molecular weight is 333 g/mol. The first kappa shape index (κ1) is 16.8. The van der Waals surface area contributed by atoms with Crippen molar-refractivity contribution in [1.29, 1.82) is 0 Å². The monoisotopic (exact) mass is 332 g/mol. The third-order valence-electron chi connectivity index (χ3n) is 3.32. The Morgan fingerprint density at radius 3 is 2.57 bits per heavy atom. The summed E-state index contributed by atoms with van der Waals surface area (Å²) in [4.78, 5) is 23.9. The number of amides is 2. The number of methoxy groups -OCH3 is 1. The van der Waals surface area contributed by atoms with Crippen molar-refractivity contribution in [3.63, 3.8) is 0 Å². The zero-order chi connectivity index (χ0) is 16.8. The number of nitrogens with one attached hydrogen (secondary N) is 2. The predicted octanol–water partition coefficient (Wildman–Crippen LogP) is 2.91. The van der Waals surface area contributed by atoms with Crippen LogP contribution in [0.25, 0.3) is 0 Å². The largest absolute Gasteiger partial charge is 0.495 e. The number of aryl methyl sites for hydroxylation is 1. The molecule has 0 saturated carbocycles. The molecule has 2 rings (SSSR count). The molecule has 0 spiro atoms. The fourth-order valence-corrected chi connectivity index (χ4v) is 2.19. The molecule has 6 heteroatoms. The second kappa shape index (κ2) is 7.65. The number of carbonyl (C=O) groups excluding carboxylic acids is 2. The summed E-state index contributed by atoms with van der Waals surface area (Å²) >= 11 is 5.89. The lowest BCUT2D eigenvalue weighted by atomic mass is 10.1. The number of hydrogen-bond acceptors (Lipinski definition) is 3. The minimum atomic E-state index is -0.779. The van der Waals surface area contributed by atoms with Crippen molar-refractivity contribution in [2.24, 2.45) is 0 Å². The maximum atomic E-state index is 12.0. The van der Waals surface area contributed by atoms with E-state index in [2.05, 4.69) is 10.6 Å². The van der Waals surface area contributed by atoms with Crippen LogP contribution in [-0.2, 0) is 16.1 Å². The van der Waals surface area contributed by atoms with E-state index >= 15 is 0 Å². The number of rotatable bonds is 4. The summed E-state index contributed by atoms with van der Waals surface area (Å²) in [5.41, 5.74) is 2.34. The molecule has 0 aliphatic carbocycles. The smallest absolute Gasteiger partial charge is 0.313 e. The fourth-order valence-electron chi connectivity index (χ4n) is 2.02. The van der Waals surface area contributed by atoms with Gasteiger partial charge in [-0.05, 0) is 36.2 Å². The van der Waals surface area contributed by atoms with E-state index in [1.165, 1.54) is 13.2 Å². The minimum absolute atomic E-state index is 0.283. The van der Waals surface area contributed by atoms with Crippen molar-refractivity contribution in [3.05, 3.63) is 58.6 Å². The topological polar surface area (TPSA) is 67.4 Å². The molecule has 0 aliphatic rings. The van der Waals surface area contributed by atoms with Crippen LogP contribution < -0.4 is 15.4 Å². The normalized spacial score (nSPS) is 10.0. The van der Waals surface area contributed by atoms with Gasteiger partial charge in [0.2, 0.25) is 0 Å². The summed E-state index contributed by atoms with van der Waals surface area (Å²) in [6.45, 7) is 2.23. The standard InChI is InChI=1S/C17H17ClN2O3/c1-11-5-3-4-6-12(11)10-19-16(21)17(22)20-14-9-13(18)7-8-15(14)23-2/h3-9H,10H2,1-2H3,(H,19,21)(H,20,22). The zero-order valence-electron chi connectivity index (χ0n) is 12.9. The quantitative estimate of drug-likeness (QED) is 0.846. The first-order valence-electron chi connectivity index (χ1n) is 6.98. The molecule has 0 bridgehead atoms. The van der Waals surface area contributed by atoms with Gasteiger partial charge in [0.25, 0.3) is 0 Å². The molecule has 2 N–H and O–H groups in total. The molecule has 0 heterocycles. The fraction of sp³-hybridized carbons (Fsp3) is 0.176. The summed E-state index contributed by atoms with van der Waals surface area (Å²) in [5, 5.41) is 5.51. The number of benzene rings is 2. The van der Waals surface area contributed by atoms with Gasteiger partial charge in [0.05, 0.1) is 12.8 Å². The third-order valence-corrected chi connectivity index (χ3v) is 3.55. The van der Waals surface area contributed by atoms with Crippen molar-refractivity contribution in [3.8, 4) is 5.75 Å². The Kier molecular flexibility index (Phi) is 5.60. The maximum absolute atomic E-state index is 12.0. The molecule has 0 radical (unpaired) electrons. The van der Waals surface area contributed by atoms with Gasteiger partial charge in [0, 0.05) is 11.6 Å². The molecule has 0 atom stereocenters. The van der Waals surface area contributed by atoms with Gasteiger partial charge in [0.15, 0.2) is 0 Å². The van der Waals surface area contributed by atoms with Crippen LogP contribution in [0.2, 0.25) is 5.02 Å². The molecular weight excluding hydrogens is 316 g/mol. The van der Waals surface area contributed by atoms with Crippen LogP contribution in [0, 0.1) is 6.92 Å². The molecule has 0 aromatic heterocycles. The van der Waals surface area contributed by atoms with Gasteiger partial charge >= 0.3 is 11.8 Å². The molecule has 2 aromatic rings. The first-order chi connectivity index (χ1) is 11.0. The van der Waals surface area contributed by atoms with Gasteiger partial charge in [-0.15, -0.1) is 0 Å². The predicted molar refractivity (Wildman–Crippen MR) is 89.7 cm³/mol. The van der Waals surface area contributed by atoms with Crippen molar-refractivity contribution >= 4 is 29.1 Å². The molecule has 0 fully saturated rings. The van der Waals surface area contributed by atoms with E-state index in [1.54, 1.807) is 12.1 Å². The molecule has 5 nitrogen and oxygen atoms in total. The Labute approximate surface area is 139 Å². The van der Waals surface area contributed by atoms with Crippen LogP contribution in [-0.4, -0.2) is 18.9 Å². The first-order valence-corrected chi connectivity index (χ1v) is 7.36. The minimum Gasteiger partial charge on any atom is -0.495 e. The van der Waals surface area contributed by atoms with Gasteiger partial charge in [-0.25, -0.2) is 0 Å². The average Bonchev–Trinajstić information content (AvgIpc) is 2.54. The SMILES string of the molecule is COc1ccc(Cl)cc1NC(=O)C(=O)NCc1ccccc1C. The summed E-state index contributed by atoms with van der Waals surface area (Å²) in [7, 11) is 1.47. The Hall–Kier alpha value is -2.53. The maximum Gasteiger partial charge on any atom is 0.313 e. The van der Waals surface area contributed by atoms with E-state index in [0.29, 0.717) is 16.5 Å². The zero-order valence-corrected chi connectivity index (χ0v) is 13.6. The van der Waals surface area contributed by atoms with E-state index in [-0.39, 0.29) is 6.54 Å². The number of halogens is 1. The molecular formula is C17H17ClN2O3. The summed E-state index contributed by atoms with van der Waals surface area (Å²) in [6.07, 6.45) is 0. The van der Waals surface area contributed by atoms with E-state index in [9.17, 15) is 9.59 Å². The van der Waals surface area contributed by atoms with Crippen LogP contribution in [0.3, 0.4) is 0 Å². The van der Waals surface area contributed by atoms with Gasteiger partial charge < -0.3 is 15.4 Å². The summed E-state index contributed by atoms with van der Waals surface area (Å²) in [5.74, 6) is -1.08. The number of anilines is 1. The van der Waals surface area contributed by atoms with E-state index < -0.39 is 11.8 Å². The lowest BCUT2D eigenvalue weighted by molar-refractivity contribution is -0.136. The van der Waals surface area contributed by atoms with Crippen LogP contribution in [0.15, 0.2) is 42.5 Å². The highest BCUT2D eigenvalue weighted by Crippen LogP contribution is 2.27. The Bertz CT molecular complexity index is 732. The third kappa shape index (κ3) is 4.47. The van der Waals surface area contributed by atoms with Crippen LogP contribution >= 0.6 is 11.6 Å². The van der Waals surface area contributed by atoms with Crippen LogP contribution in [0.5, 0.6) is 5.75 Å². The second-order valence-corrected chi connectivity index (χ2v) is 5.34. The number of ether oxygens (including phenoxy) is 1. The highest BCUT2D eigenvalue weighted by atomic mass is 35.5. The lowest BCUT2D eigenvalue weighted by Crippen LogP contribution is -2.35.